The fourth-order valence-corrected chi connectivity index (χ4v) is 3.65. The van der Waals surface area contributed by atoms with Gasteiger partial charge in [-0.2, -0.15) is 18.4 Å². The second-order valence-electron chi connectivity index (χ2n) is 5.38. The average molecular weight is 332 g/mol. The fraction of sp³-hybridized carbons (Fsp3) is 0.500. The molecule has 1 aromatic carbocycles. The molecule has 1 aliphatic heterocycles. The maximum atomic E-state index is 13.1. The van der Waals surface area contributed by atoms with Gasteiger partial charge in [0.15, 0.2) is 9.84 Å². The van der Waals surface area contributed by atoms with Gasteiger partial charge >= 0.3 is 6.18 Å². The van der Waals surface area contributed by atoms with Gasteiger partial charge in [-0.15, -0.1) is 0 Å². The van der Waals surface area contributed by atoms with Gasteiger partial charge in [0.05, 0.1) is 28.1 Å². The molecule has 22 heavy (non-hydrogen) atoms. The molecular weight excluding hydrogens is 317 g/mol. The van der Waals surface area contributed by atoms with Crippen molar-refractivity contribution < 1.29 is 21.6 Å². The minimum atomic E-state index is -4.55. The lowest BCUT2D eigenvalue weighted by Crippen LogP contribution is -2.42. The van der Waals surface area contributed by atoms with Crippen molar-refractivity contribution in [2.75, 3.05) is 24.2 Å². The Hall–Kier alpha value is -1.75. The van der Waals surface area contributed by atoms with Gasteiger partial charge in [0.25, 0.3) is 0 Å². The van der Waals surface area contributed by atoms with E-state index in [1.807, 2.05) is 6.07 Å². The molecule has 0 aromatic heterocycles. The Kier molecular flexibility index (Phi) is 4.38. The van der Waals surface area contributed by atoms with Crippen molar-refractivity contribution in [3.63, 3.8) is 0 Å². The van der Waals surface area contributed by atoms with Gasteiger partial charge < -0.3 is 4.90 Å². The van der Waals surface area contributed by atoms with Crippen LogP contribution < -0.4 is 4.90 Å². The summed E-state index contributed by atoms with van der Waals surface area (Å²) in [6.07, 6.45) is -2.53. The number of nitriles is 1. The van der Waals surface area contributed by atoms with Gasteiger partial charge in [-0.05, 0) is 31.0 Å². The number of piperidine rings is 1. The van der Waals surface area contributed by atoms with Crippen LogP contribution in [0.3, 0.4) is 0 Å². The molecule has 0 N–H and O–H groups in total. The first kappa shape index (κ1) is 16.6. The lowest BCUT2D eigenvalue weighted by Gasteiger charge is -2.35. The number of anilines is 1. The van der Waals surface area contributed by atoms with E-state index in [1.165, 1.54) is 11.0 Å². The number of benzene rings is 1. The molecule has 2 rings (SSSR count). The predicted octanol–water partition coefficient (Wildman–Crippen LogP) is 2.59. The highest BCUT2D eigenvalue weighted by Gasteiger charge is 2.37. The Balaban J connectivity index is 2.44. The summed E-state index contributed by atoms with van der Waals surface area (Å²) in [6, 6.07) is 4.98. The van der Waals surface area contributed by atoms with Crippen molar-refractivity contribution in [1.29, 1.82) is 5.26 Å². The first-order chi connectivity index (χ1) is 10.1. The Labute approximate surface area is 127 Å². The molecular formula is C14H15F3N2O2S. The number of nitrogens with zero attached hydrogens (tertiary/aromatic N) is 2. The smallest absolute Gasteiger partial charge is 0.370 e. The van der Waals surface area contributed by atoms with E-state index >= 15 is 0 Å². The van der Waals surface area contributed by atoms with Crippen LogP contribution in [0.4, 0.5) is 18.9 Å². The summed E-state index contributed by atoms with van der Waals surface area (Å²) in [7, 11) is -3.32. The summed E-state index contributed by atoms with van der Waals surface area (Å²) in [5.74, 6) is 0. The Morgan fingerprint density at radius 1 is 1.36 bits per heavy atom. The zero-order chi connectivity index (χ0) is 16.5. The van der Waals surface area contributed by atoms with Gasteiger partial charge in [-0.25, -0.2) is 8.42 Å². The highest BCUT2D eigenvalue weighted by atomic mass is 32.2. The molecule has 0 amide bonds. The van der Waals surface area contributed by atoms with Crippen LogP contribution in [0.1, 0.15) is 24.0 Å². The minimum Gasteiger partial charge on any atom is -0.370 e. The van der Waals surface area contributed by atoms with Crippen LogP contribution in [0.5, 0.6) is 0 Å². The normalized spacial score (nSPS) is 19.8. The number of hydrogen-bond acceptors (Lipinski definition) is 4. The van der Waals surface area contributed by atoms with Gasteiger partial charge in [0.1, 0.15) is 0 Å². The third kappa shape index (κ3) is 3.53. The molecule has 120 valence electrons. The van der Waals surface area contributed by atoms with Crippen LogP contribution in [0, 0.1) is 11.3 Å². The molecule has 1 aromatic rings. The lowest BCUT2D eigenvalue weighted by molar-refractivity contribution is -0.137. The molecule has 0 saturated carbocycles. The topological polar surface area (TPSA) is 61.2 Å². The van der Waals surface area contributed by atoms with Crippen LogP contribution in [-0.2, 0) is 16.0 Å². The fourth-order valence-electron chi connectivity index (χ4n) is 2.61. The number of rotatable bonds is 2. The highest BCUT2D eigenvalue weighted by Crippen LogP contribution is 2.38. The highest BCUT2D eigenvalue weighted by molar-refractivity contribution is 7.91. The third-order valence-corrected chi connectivity index (χ3v) is 5.35. The molecule has 0 radical (unpaired) electrons. The van der Waals surface area contributed by atoms with Crippen molar-refractivity contribution in [2.45, 2.75) is 24.3 Å². The molecule has 1 heterocycles. The minimum absolute atomic E-state index is 0.0107. The second kappa shape index (κ2) is 5.80. The maximum absolute atomic E-state index is 13.1. The summed E-state index contributed by atoms with van der Waals surface area (Å²) >= 11 is 0. The zero-order valence-electron chi connectivity index (χ0n) is 11.9. The largest absolute Gasteiger partial charge is 0.418 e. The van der Waals surface area contributed by atoms with Crippen molar-refractivity contribution in [3.05, 3.63) is 29.3 Å². The van der Waals surface area contributed by atoms with Crippen LogP contribution in [-0.4, -0.2) is 33.0 Å². The first-order valence-electron chi connectivity index (χ1n) is 6.68. The van der Waals surface area contributed by atoms with E-state index in [4.69, 9.17) is 5.26 Å². The van der Waals surface area contributed by atoms with Crippen LogP contribution in [0.2, 0.25) is 0 Å². The van der Waals surface area contributed by atoms with Crippen LogP contribution in [0.25, 0.3) is 0 Å². The van der Waals surface area contributed by atoms with Crippen molar-refractivity contribution >= 4 is 15.5 Å². The van der Waals surface area contributed by atoms with Gasteiger partial charge in [0.2, 0.25) is 0 Å². The first-order valence-corrected chi connectivity index (χ1v) is 8.63. The van der Waals surface area contributed by atoms with E-state index < -0.39 is 26.8 Å². The molecule has 1 aliphatic rings. The van der Waals surface area contributed by atoms with Gasteiger partial charge in [0, 0.05) is 19.3 Å². The van der Waals surface area contributed by atoms with Crippen molar-refractivity contribution in [3.8, 4) is 6.07 Å². The molecule has 0 spiro atoms. The molecule has 0 unspecified atom stereocenters. The van der Waals surface area contributed by atoms with E-state index in [2.05, 4.69) is 0 Å². The summed E-state index contributed by atoms with van der Waals surface area (Å²) in [5.41, 5.74) is -0.856. The van der Waals surface area contributed by atoms with Crippen molar-refractivity contribution in [1.82, 2.24) is 0 Å². The maximum Gasteiger partial charge on any atom is 0.418 e. The summed E-state index contributed by atoms with van der Waals surface area (Å²) < 4.78 is 62.8. The van der Waals surface area contributed by atoms with E-state index in [0.29, 0.717) is 19.4 Å². The van der Waals surface area contributed by atoms with Crippen molar-refractivity contribution in [2.24, 2.45) is 0 Å². The Morgan fingerprint density at radius 2 is 2.05 bits per heavy atom. The standard InChI is InChI=1S/C14H15F3N2O2S/c1-22(20,21)11-3-2-6-19(9-11)13-7-10(8-18)4-5-12(13)14(15,16)17/h4-5,7,11H,2-3,6,9H2,1H3/t11-/m1/s1. The van der Waals surface area contributed by atoms with Crippen LogP contribution >= 0.6 is 0 Å². The van der Waals surface area contributed by atoms with E-state index in [1.54, 1.807) is 0 Å². The zero-order valence-corrected chi connectivity index (χ0v) is 12.7. The molecule has 8 heteroatoms. The quantitative estimate of drug-likeness (QED) is 0.835. The van der Waals surface area contributed by atoms with Crippen LogP contribution in [0.15, 0.2) is 18.2 Å². The van der Waals surface area contributed by atoms with E-state index in [-0.39, 0.29) is 17.8 Å². The van der Waals surface area contributed by atoms with E-state index in [0.717, 1.165) is 18.4 Å². The van der Waals surface area contributed by atoms with E-state index in [9.17, 15) is 21.6 Å². The van der Waals surface area contributed by atoms with Gasteiger partial charge in [-0.1, -0.05) is 0 Å². The SMILES string of the molecule is CS(=O)(=O)[C@@H]1CCCN(c2cc(C#N)ccc2C(F)(F)F)C1. The molecule has 4 nitrogen and oxygen atoms in total. The second-order valence-corrected chi connectivity index (χ2v) is 7.71. The predicted molar refractivity (Wildman–Crippen MR) is 76.2 cm³/mol. The Morgan fingerprint density at radius 3 is 2.59 bits per heavy atom. The molecule has 0 bridgehead atoms. The molecule has 1 atom stereocenters. The summed E-state index contributed by atoms with van der Waals surface area (Å²) in [4.78, 5) is 1.42. The molecule has 1 saturated heterocycles. The third-order valence-electron chi connectivity index (χ3n) is 3.76. The monoisotopic (exact) mass is 332 g/mol. The number of hydrogen-bond donors (Lipinski definition) is 0. The lowest BCUT2D eigenvalue weighted by atomic mass is 10.0. The number of halogens is 3. The average Bonchev–Trinajstić information content (AvgIpc) is 2.45. The molecule has 0 aliphatic carbocycles. The number of alkyl halides is 3. The molecule has 1 fully saturated rings. The summed E-state index contributed by atoms with van der Waals surface area (Å²) in [5, 5.41) is 8.20. The Bertz CT molecular complexity index is 708. The number of sulfone groups is 1. The summed E-state index contributed by atoms with van der Waals surface area (Å²) in [6.45, 7) is 0.348. The van der Waals surface area contributed by atoms with Gasteiger partial charge in [-0.3, -0.25) is 0 Å².